The van der Waals surface area contributed by atoms with Crippen molar-refractivity contribution < 1.29 is 4.39 Å². The average molecular weight is 318 g/mol. The van der Waals surface area contributed by atoms with Gasteiger partial charge in [-0.2, -0.15) is 0 Å². The molecule has 0 aliphatic heterocycles. The van der Waals surface area contributed by atoms with E-state index in [9.17, 15) is 4.39 Å². The maximum atomic E-state index is 13.4. The van der Waals surface area contributed by atoms with Gasteiger partial charge < -0.3 is 0 Å². The zero-order chi connectivity index (χ0) is 14.2. The number of benzene rings is 2. The molecule has 0 nitrogen and oxygen atoms in total. The SMILES string of the molecule is Cc1cc(C(Cl)c2cc(Cl)ccc2C)c(Cl)cc1F. The molecule has 100 valence electrons. The van der Waals surface area contributed by atoms with Crippen LogP contribution in [0.3, 0.4) is 0 Å². The largest absolute Gasteiger partial charge is 0.207 e. The Labute approximate surface area is 127 Å². The van der Waals surface area contributed by atoms with E-state index in [1.165, 1.54) is 6.07 Å². The molecule has 1 atom stereocenters. The molecule has 0 spiro atoms. The van der Waals surface area contributed by atoms with Crippen LogP contribution >= 0.6 is 34.8 Å². The third-order valence-corrected chi connectivity index (χ3v) is 4.10. The van der Waals surface area contributed by atoms with Crippen molar-refractivity contribution in [3.63, 3.8) is 0 Å². The van der Waals surface area contributed by atoms with Gasteiger partial charge >= 0.3 is 0 Å². The van der Waals surface area contributed by atoms with Crippen LogP contribution in [-0.2, 0) is 0 Å². The summed E-state index contributed by atoms with van der Waals surface area (Å²) in [5.74, 6) is -0.333. The van der Waals surface area contributed by atoms with Gasteiger partial charge in [-0.3, -0.25) is 0 Å². The van der Waals surface area contributed by atoms with Crippen LogP contribution in [0.25, 0.3) is 0 Å². The summed E-state index contributed by atoms with van der Waals surface area (Å²) in [6.07, 6.45) is 0. The van der Waals surface area contributed by atoms with Crippen molar-refractivity contribution in [2.75, 3.05) is 0 Å². The first kappa shape index (κ1) is 14.6. The van der Waals surface area contributed by atoms with Crippen molar-refractivity contribution in [1.82, 2.24) is 0 Å². The highest BCUT2D eigenvalue weighted by Crippen LogP contribution is 2.37. The molecule has 2 aromatic carbocycles. The van der Waals surface area contributed by atoms with Crippen LogP contribution in [0.4, 0.5) is 4.39 Å². The van der Waals surface area contributed by atoms with E-state index in [4.69, 9.17) is 34.8 Å². The van der Waals surface area contributed by atoms with Gasteiger partial charge in [0, 0.05) is 10.0 Å². The number of alkyl halides is 1. The molecule has 0 radical (unpaired) electrons. The summed E-state index contributed by atoms with van der Waals surface area (Å²) in [7, 11) is 0. The first-order chi connectivity index (χ1) is 8.90. The van der Waals surface area contributed by atoms with Crippen molar-refractivity contribution in [3.05, 3.63) is 68.4 Å². The van der Waals surface area contributed by atoms with Crippen LogP contribution < -0.4 is 0 Å². The zero-order valence-corrected chi connectivity index (χ0v) is 12.7. The fourth-order valence-electron chi connectivity index (χ4n) is 1.93. The second-order valence-electron chi connectivity index (χ2n) is 4.49. The van der Waals surface area contributed by atoms with Crippen LogP contribution in [0.1, 0.15) is 27.6 Å². The van der Waals surface area contributed by atoms with Crippen molar-refractivity contribution in [1.29, 1.82) is 0 Å². The van der Waals surface area contributed by atoms with E-state index >= 15 is 0 Å². The topological polar surface area (TPSA) is 0 Å². The number of rotatable bonds is 2. The molecule has 0 saturated heterocycles. The van der Waals surface area contributed by atoms with Gasteiger partial charge in [0.15, 0.2) is 0 Å². The molecule has 0 bridgehead atoms. The predicted molar refractivity (Wildman–Crippen MR) is 80.0 cm³/mol. The quantitative estimate of drug-likeness (QED) is 0.589. The third kappa shape index (κ3) is 3.05. The molecule has 0 aliphatic rings. The summed E-state index contributed by atoms with van der Waals surface area (Å²) in [6.45, 7) is 3.63. The second-order valence-corrected chi connectivity index (χ2v) is 5.77. The van der Waals surface area contributed by atoms with Crippen LogP contribution in [0.5, 0.6) is 0 Å². The number of hydrogen-bond donors (Lipinski definition) is 0. The van der Waals surface area contributed by atoms with E-state index in [1.807, 2.05) is 25.1 Å². The van der Waals surface area contributed by atoms with Gasteiger partial charge in [-0.25, -0.2) is 4.39 Å². The van der Waals surface area contributed by atoms with E-state index in [1.54, 1.807) is 13.0 Å². The number of hydrogen-bond acceptors (Lipinski definition) is 0. The van der Waals surface area contributed by atoms with E-state index in [0.29, 0.717) is 21.2 Å². The minimum absolute atomic E-state index is 0.322. The van der Waals surface area contributed by atoms with Crippen LogP contribution in [0.15, 0.2) is 30.3 Å². The van der Waals surface area contributed by atoms with Gasteiger partial charge in [-0.15, -0.1) is 11.6 Å². The van der Waals surface area contributed by atoms with E-state index in [-0.39, 0.29) is 5.82 Å². The van der Waals surface area contributed by atoms with Gasteiger partial charge in [-0.05, 0) is 60.4 Å². The summed E-state index contributed by atoms with van der Waals surface area (Å²) in [5, 5.41) is 0.481. The van der Waals surface area contributed by atoms with E-state index in [0.717, 1.165) is 11.1 Å². The maximum absolute atomic E-state index is 13.4. The minimum Gasteiger partial charge on any atom is -0.207 e. The molecule has 19 heavy (non-hydrogen) atoms. The lowest BCUT2D eigenvalue weighted by Crippen LogP contribution is -1.99. The first-order valence-corrected chi connectivity index (χ1v) is 6.95. The van der Waals surface area contributed by atoms with Crippen molar-refractivity contribution in [3.8, 4) is 0 Å². The molecule has 2 rings (SSSR count). The highest BCUT2D eigenvalue weighted by Gasteiger charge is 2.18. The van der Waals surface area contributed by atoms with Crippen LogP contribution in [-0.4, -0.2) is 0 Å². The van der Waals surface area contributed by atoms with Crippen molar-refractivity contribution in [2.45, 2.75) is 19.2 Å². The molecule has 0 amide bonds. The van der Waals surface area contributed by atoms with Gasteiger partial charge in [0.2, 0.25) is 0 Å². The standard InChI is InChI=1S/C15H12Cl3F/c1-8-3-4-10(16)6-11(8)15(18)12-5-9(2)14(19)7-13(12)17/h3-7,15H,1-2H3. The Balaban J connectivity index is 2.52. The Morgan fingerprint density at radius 3 is 2.32 bits per heavy atom. The summed E-state index contributed by atoms with van der Waals surface area (Å²) in [4.78, 5) is 0. The molecule has 0 aliphatic carbocycles. The zero-order valence-electron chi connectivity index (χ0n) is 10.5. The lowest BCUT2D eigenvalue weighted by molar-refractivity contribution is 0.618. The summed E-state index contributed by atoms with van der Waals surface area (Å²) in [5.41, 5.74) is 3.10. The smallest absolute Gasteiger partial charge is 0.127 e. The van der Waals surface area contributed by atoms with Gasteiger partial charge in [0.1, 0.15) is 5.82 Å². The Hall–Kier alpha value is -0.760. The molecular formula is C15H12Cl3F. The Bertz CT molecular complexity index is 623. The Kier molecular flexibility index (Phi) is 4.39. The summed E-state index contributed by atoms with van der Waals surface area (Å²) >= 11 is 18.5. The highest BCUT2D eigenvalue weighted by molar-refractivity contribution is 6.33. The normalized spacial score (nSPS) is 12.5. The van der Waals surface area contributed by atoms with E-state index < -0.39 is 5.38 Å². The Morgan fingerprint density at radius 2 is 1.63 bits per heavy atom. The maximum Gasteiger partial charge on any atom is 0.127 e. The fraction of sp³-hybridized carbons (Fsp3) is 0.200. The molecule has 2 aromatic rings. The number of halogens is 4. The molecule has 4 heteroatoms. The molecular weight excluding hydrogens is 306 g/mol. The average Bonchev–Trinajstić information content (AvgIpc) is 2.36. The van der Waals surface area contributed by atoms with E-state index in [2.05, 4.69) is 0 Å². The predicted octanol–water partition coefficient (Wildman–Crippen LogP) is 6.08. The first-order valence-electron chi connectivity index (χ1n) is 5.76. The highest BCUT2D eigenvalue weighted by atomic mass is 35.5. The van der Waals surface area contributed by atoms with Gasteiger partial charge in [-0.1, -0.05) is 29.3 Å². The lowest BCUT2D eigenvalue weighted by Gasteiger charge is -2.16. The van der Waals surface area contributed by atoms with Gasteiger partial charge in [0.25, 0.3) is 0 Å². The molecule has 1 unspecified atom stereocenters. The fourth-order valence-corrected chi connectivity index (χ4v) is 2.84. The lowest BCUT2D eigenvalue weighted by atomic mass is 9.98. The summed E-state index contributed by atoms with van der Waals surface area (Å²) < 4.78 is 13.4. The number of aryl methyl sites for hydroxylation is 2. The van der Waals surface area contributed by atoms with Crippen LogP contribution in [0, 0.1) is 19.7 Å². The van der Waals surface area contributed by atoms with Crippen LogP contribution in [0.2, 0.25) is 10.0 Å². The molecule has 0 saturated carbocycles. The molecule has 0 aromatic heterocycles. The minimum atomic E-state index is -0.453. The van der Waals surface area contributed by atoms with Crippen molar-refractivity contribution in [2.24, 2.45) is 0 Å². The van der Waals surface area contributed by atoms with Crippen molar-refractivity contribution >= 4 is 34.8 Å². The summed E-state index contributed by atoms with van der Waals surface area (Å²) in [6, 6.07) is 8.49. The molecule has 0 N–H and O–H groups in total. The molecule has 0 fully saturated rings. The van der Waals surface area contributed by atoms with Gasteiger partial charge in [0.05, 0.1) is 5.38 Å². The monoisotopic (exact) mass is 316 g/mol. The third-order valence-electron chi connectivity index (χ3n) is 3.07. The Morgan fingerprint density at radius 1 is 0.947 bits per heavy atom. The second kappa shape index (κ2) is 5.70. The molecule has 0 heterocycles.